The van der Waals surface area contributed by atoms with Crippen molar-refractivity contribution in [3.63, 3.8) is 0 Å². The van der Waals surface area contributed by atoms with Crippen LogP contribution in [0.5, 0.6) is 0 Å². The van der Waals surface area contributed by atoms with Gasteiger partial charge in [0, 0.05) is 15.7 Å². The van der Waals surface area contributed by atoms with Crippen LogP contribution in [-0.2, 0) is 11.3 Å². The summed E-state index contributed by atoms with van der Waals surface area (Å²) in [4.78, 5) is 30.8. The quantitative estimate of drug-likeness (QED) is 0.275. The van der Waals surface area contributed by atoms with Crippen molar-refractivity contribution in [1.82, 2.24) is 9.55 Å². The van der Waals surface area contributed by atoms with E-state index < -0.39 is 5.25 Å². The average Bonchev–Trinajstić information content (AvgIpc) is 2.76. The molecule has 4 aromatic rings. The fraction of sp³-hybridized carbons (Fsp3) is 0.125. The monoisotopic (exact) mass is 483 g/mol. The van der Waals surface area contributed by atoms with Crippen LogP contribution < -0.4 is 10.9 Å². The second kappa shape index (κ2) is 9.77. The van der Waals surface area contributed by atoms with Crippen LogP contribution in [0, 0.1) is 0 Å². The number of aromatic nitrogens is 2. The van der Waals surface area contributed by atoms with Gasteiger partial charge in [-0.2, -0.15) is 0 Å². The number of thioether (sulfide) groups is 1. The molecule has 1 atom stereocenters. The smallest absolute Gasteiger partial charge is 0.262 e. The minimum atomic E-state index is -0.525. The Labute approximate surface area is 199 Å². The van der Waals surface area contributed by atoms with Gasteiger partial charge in [-0.25, -0.2) is 4.98 Å². The van der Waals surface area contributed by atoms with Crippen molar-refractivity contribution in [3.05, 3.63) is 98.8 Å². The summed E-state index contributed by atoms with van der Waals surface area (Å²) in [5.41, 5.74) is 1.93. The molecule has 0 aliphatic heterocycles. The molecule has 1 amide bonds. The molecule has 32 heavy (non-hydrogen) atoms. The normalized spacial score (nSPS) is 12.0. The summed E-state index contributed by atoms with van der Waals surface area (Å²) in [5, 5.41) is 4.18. The lowest BCUT2D eigenvalue weighted by molar-refractivity contribution is -0.115. The van der Waals surface area contributed by atoms with Crippen molar-refractivity contribution in [2.24, 2.45) is 0 Å². The third-order valence-electron chi connectivity index (χ3n) is 4.79. The first-order chi connectivity index (χ1) is 15.4. The third-order valence-corrected chi connectivity index (χ3v) is 6.32. The van der Waals surface area contributed by atoms with Crippen molar-refractivity contribution in [2.45, 2.75) is 23.9 Å². The molecule has 0 fully saturated rings. The van der Waals surface area contributed by atoms with E-state index in [0.29, 0.717) is 38.3 Å². The van der Waals surface area contributed by atoms with Gasteiger partial charge in [0.25, 0.3) is 5.56 Å². The van der Waals surface area contributed by atoms with Gasteiger partial charge < -0.3 is 5.32 Å². The zero-order valence-corrected chi connectivity index (χ0v) is 19.4. The predicted molar refractivity (Wildman–Crippen MR) is 132 cm³/mol. The zero-order valence-electron chi connectivity index (χ0n) is 17.1. The third kappa shape index (κ3) is 5.15. The first-order valence-corrected chi connectivity index (χ1v) is 11.5. The van der Waals surface area contributed by atoms with Gasteiger partial charge in [0.15, 0.2) is 5.16 Å². The molecule has 1 heterocycles. The van der Waals surface area contributed by atoms with Crippen molar-refractivity contribution >= 4 is 57.5 Å². The maximum absolute atomic E-state index is 13.3. The van der Waals surface area contributed by atoms with Crippen LogP contribution in [0.1, 0.15) is 12.5 Å². The second-order valence-corrected chi connectivity index (χ2v) is 9.38. The first-order valence-electron chi connectivity index (χ1n) is 9.88. The SMILES string of the molecule is CC(Sc1nc2ccccc2c(=O)n1Cc1ccccc1)C(=O)Nc1cc(Cl)cc(Cl)c1. The van der Waals surface area contributed by atoms with E-state index in [1.807, 2.05) is 42.5 Å². The molecule has 8 heteroatoms. The number of para-hydroxylation sites is 1. The number of carbonyl (C=O) groups excluding carboxylic acids is 1. The molecule has 0 aliphatic rings. The molecule has 0 saturated heterocycles. The van der Waals surface area contributed by atoms with Gasteiger partial charge in [-0.1, -0.05) is 77.4 Å². The number of carbonyl (C=O) groups is 1. The van der Waals surface area contributed by atoms with Crippen LogP contribution in [0.2, 0.25) is 10.0 Å². The molecule has 162 valence electrons. The van der Waals surface area contributed by atoms with Gasteiger partial charge in [0.05, 0.1) is 22.7 Å². The Kier molecular flexibility index (Phi) is 6.84. The summed E-state index contributed by atoms with van der Waals surface area (Å²) in [5.74, 6) is -0.248. The Morgan fingerprint density at radius 3 is 2.41 bits per heavy atom. The highest BCUT2D eigenvalue weighted by Gasteiger charge is 2.20. The number of fused-ring (bicyclic) bond motifs is 1. The van der Waals surface area contributed by atoms with E-state index in [1.165, 1.54) is 11.8 Å². The Balaban J connectivity index is 1.65. The van der Waals surface area contributed by atoms with Crippen LogP contribution in [-0.4, -0.2) is 20.7 Å². The molecule has 4 rings (SSSR count). The lowest BCUT2D eigenvalue weighted by atomic mass is 10.2. The Bertz CT molecular complexity index is 1320. The van der Waals surface area contributed by atoms with E-state index in [4.69, 9.17) is 28.2 Å². The van der Waals surface area contributed by atoms with E-state index in [1.54, 1.807) is 41.8 Å². The topological polar surface area (TPSA) is 64.0 Å². The fourth-order valence-electron chi connectivity index (χ4n) is 3.22. The van der Waals surface area contributed by atoms with E-state index >= 15 is 0 Å². The molecule has 3 aromatic carbocycles. The van der Waals surface area contributed by atoms with Crippen molar-refractivity contribution in [3.8, 4) is 0 Å². The number of halogens is 2. The predicted octanol–water partition coefficient (Wildman–Crippen LogP) is 5.87. The maximum Gasteiger partial charge on any atom is 0.262 e. The lowest BCUT2D eigenvalue weighted by Crippen LogP contribution is -2.27. The van der Waals surface area contributed by atoms with Gasteiger partial charge in [0.2, 0.25) is 5.91 Å². The Morgan fingerprint density at radius 2 is 1.69 bits per heavy atom. The number of amides is 1. The van der Waals surface area contributed by atoms with Crippen molar-refractivity contribution < 1.29 is 4.79 Å². The van der Waals surface area contributed by atoms with Crippen LogP contribution in [0.25, 0.3) is 10.9 Å². The first kappa shape index (κ1) is 22.4. The minimum Gasteiger partial charge on any atom is -0.325 e. The summed E-state index contributed by atoms with van der Waals surface area (Å²) < 4.78 is 1.61. The van der Waals surface area contributed by atoms with E-state index in [9.17, 15) is 9.59 Å². The summed E-state index contributed by atoms with van der Waals surface area (Å²) >= 11 is 13.3. The lowest BCUT2D eigenvalue weighted by Gasteiger charge is -2.17. The fourth-order valence-corrected chi connectivity index (χ4v) is 4.66. The summed E-state index contributed by atoms with van der Waals surface area (Å²) in [6.45, 7) is 2.12. The number of nitrogens with one attached hydrogen (secondary N) is 1. The summed E-state index contributed by atoms with van der Waals surface area (Å²) in [6.07, 6.45) is 0. The molecule has 0 saturated carbocycles. The summed E-state index contributed by atoms with van der Waals surface area (Å²) in [7, 11) is 0. The molecule has 1 N–H and O–H groups in total. The number of nitrogens with zero attached hydrogens (tertiary/aromatic N) is 2. The van der Waals surface area contributed by atoms with Crippen LogP contribution in [0.15, 0.2) is 82.7 Å². The standard InChI is InChI=1S/C24H19Cl2N3O2S/c1-15(22(30)27-19-12-17(25)11-18(26)13-19)32-24-28-21-10-6-5-9-20(21)23(31)29(24)14-16-7-3-2-4-8-16/h2-13,15H,14H2,1H3,(H,27,30). The van der Waals surface area contributed by atoms with Gasteiger partial charge in [-0.3, -0.25) is 14.2 Å². The highest BCUT2D eigenvalue weighted by Crippen LogP contribution is 2.26. The Hall–Kier alpha value is -2.80. The van der Waals surface area contributed by atoms with Crippen LogP contribution in [0.4, 0.5) is 5.69 Å². The van der Waals surface area contributed by atoms with E-state index in [-0.39, 0.29) is 11.5 Å². The average molecular weight is 484 g/mol. The molecule has 0 aliphatic carbocycles. The highest BCUT2D eigenvalue weighted by molar-refractivity contribution is 8.00. The van der Waals surface area contributed by atoms with Crippen molar-refractivity contribution in [2.75, 3.05) is 5.32 Å². The number of benzene rings is 3. The number of hydrogen-bond acceptors (Lipinski definition) is 4. The largest absolute Gasteiger partial charge is 0.325 e. The Morgan fingerprint density at radius 1 is 1.03 bits per heavy atom. The van der Waals surface area contributed by atoms with Gasteiger partial charge >= 0.3 is 0 Å². The van der Waals surface area contributed by atoms with Crippen LogP contribution >= 0.6 is 35.0 Å². The number of hydrogen-bond donors (Lipinski definition) is 1. The molecular weight excluding hydrogens is 465 g/mol. The molecule has 1 aromatic heterocycles. The maximum atomic E-state index is 13.3. The van der Waals surface area contributed by atoms with Crippen LogP contribution in [0.3, 0.4) is 0 Å². The molecule has 0 bridgehead atoms. The number of rotatable bonds is 6. The molecular formula is C24H19Cl2N3O2S. The zero-order chi connectivity index (χ0) is 22.7. The van der Waals surface area contributed by atoms with Gasteiger partial charge in [-0.05, 0) is 42.8 Å². The highest BCUT2D eigenvalue weighted by atomic mass is 35.5. The number of anilines is 1. The molecule has 0 spiro atoms. The summed E-state index contributed by atoms with van der Waals surface area (Å²) in [6, 6.07) is 21.7. The molecule has 5 nitrogen and oxygen atoms in total. The second-order valence-electron chi connectivity index (χ2n) is 7.20. The van der Waals surface area contributed by atoms with E-state index in [2.05, 4.69) is 5.32 Å². The molecule has 0 radical (unpaired) electrons. The van der Waals surface area contributed by atoms with Gasteiger partial charge in [-0.15, -0.1) is 0 Å². The van der Waals surface area contributed by atoms with Gasteiger partial charge in [0.1, 0.15) is 0 Å². The van der Waals surface area contributed by atoms with Crippen molar-refractivity contribution in [1.29, 1.82) is 0 Å². The van der Waals surface area contributed by atoms with E-state index in [0.717, 1.165) is 5.56 Å². The molecule has 1 unspecified atom stereocenters. The minimum absolute atomic E-state index is 0.142.